The Balaban J connectivity index is 1.60. The summed E-state index contributed by atoms with van der Waals surface area (Å²) in [6.45, 7) is 0. The van der Waals surface area contributed by atoms with Crippen LogP contribution in [0, 0.1) is 5.82 Å². The number of aromatic amines is 1. The predicted molar refractivity (Wildman–Crippen MR) is 103 cm³/mol. The number of hydrogen-bond acceptors (Lipinski definition) is 7. The van der Waals surface area contributed by atoms with Crippen LogP contribution >= 0.6 is 0 Å². The third-order valence-corrected chi connectivity index (χ3v) is 4.15. The summed E-state index contributed by atoms with van der Waals surface area (Å²) in [6, 6.07) is 8.75. The molecule has 4 rings (SSSR count). The van der Waals surface area contributed by atoms with Crippen molar-refractivity contribution in [2.75, 3.05) is 17.7 Å². The van der Waals surface area contributed by atoms with Gasteiger partial charge in [-0.15, -0.1) is 0 Å². The number of fused-ring (bicyclic) bond motifs is 1. The first kappa shape index (κ1) is 19.3. The van der Waals surface area contributed by atoms with E-state index in [1.54, 1.807) is 12.1 Å². The van der Waals surface area contributed by atoms with Gasteiger partial charge >= 0.3 is 5.76 Å². The van der Waals surface area contributed by atoms with E-state index < -0.39 is 18.0 Å². The Morgan fingerprint density at radius 3 is 2.67 bits per heavy atom. The number of ether oxygens (including phenoxy) is 1. The second kappa shape index (κ2) is 7.78. The highest BCUT2D eigenvalue weighted by Crippen LogP contribution is 2.32. The van der Waals surface area contributed by atoms with Crippen LogP contribution in [0.2, 0.25) is 0 Å². The van der Waals surface area contributed by atoms with Gasteiger partial charge in [0.2, 0.25) is 5.95 Å². The molecule has 2 aromatic carbocycles. The molecule has 0 bridgehead atoms. The van der Waals surface area contributed by atoms with Gasteiger partial charge in [0.15, 0.2) is 17.2 Å². The fourth-order valence-corrected chi connectivity index (χ4v) is 2.79. The fourth-order valence-electron chi connectivity index (χ4n) is 2.79. The number of rotatable bonds is 6. The molecule has 0 aliphatic carbocycles. The largest absolute Gasteiger partial charge is 0.496 e. The SMILES string of the molecule is COc1ccc(Nc2ncc(F)c(Nc3ccc4oc(=O)[nH]c4c3)n2)cc1C(F)F. The number of halogens is 3. The number of nitrogens with zero attached hydrogens (tertiary/aromatic N) is 2. The van der Waals surface area contributed by atoms with E-state index in [9.17, 15) is 18.0 Å². The minimum atomic E-state index is -2.74. The Kier molecular flexibility index (Phi) is 5.00. The van der Waals surface area contributed by atoms with Gasteiger partial charge < -0.3 is 19.8 Å². The lowest BCUT2D eigenvalue weighted by atomic mass is 10.2. The molecule has 4 aromatic rings. The summed E-state index contributed by atoms with van der Waals surface area (Å²) in [5.74, 6) is -1.46. The molecule has 2 aromatic heterocycles. The van der Waals surface area contributed by atoms with E-state index in [4.69, 9.17) is 9.15 Å². The number of benzene rings is 2. The summed E-state index contributed by atoms with van der Waals surface area (Å²) in [7, 11) is 1.30. The van der Waals surface area contributed by atoms with Gasteiger partial charge in [-0.05, 0) is 36.4 Å². The molecule has 0 fully saturated rings. The van der Waals surface area contributed by atoms with Crippen molar-refractivity contribution in [1.82, 2.24) is 15.0 Å². The topological polar surface area (TPSA) is 105 Å². The highest BCUT2D eigenvalue weighted by molar-refractivity contribution is 5.78. The zero-order valence-electron chi connectivity index (χ0n) is 15.4. The van der Waals surface area contributed by atoms with E-state index in [1.165, 1.54) is 31.4 Å². The van der Waals surface area contributed by atoms with Crippen LogP contribution in [0.5, 0.6) is 5.75 Å². The first-order chi connectivity index (χ1) is 14.4. The number of oxazole rings is 1. The smallest absolute Gasteiger partial charge is 0.417 e. The highest BCUT2D eigenvalue weighted by Gasteiger charge is 2.15. The molecule has 0 spiro atoms. The van der Waals surface area contributed by atoms with Crippen molar-refractivity contribution >= 4 is 34.2 Å². The molecule has 0 atom stereocenters. The molecule has 2 heterocycles. The van der Waals surface area contributed by atoms with Crippen LogP contribution in [0.25, 0.3) is 11.1 Å². The van der Waals surface area contributed by atoms with Gasteiger partial charge in [-0.3, -0.25) is 4.98 Å². The van der Waals surface area contributed by atoms with Gasteiger partial charge in [0.25, 0.3) is 6.43 Å². The lowest BCUT2D eigenvalue weighted by molar-refractivity contribution is 0.147. The molecule has 0 radical (unpaired) electrons. The quantitative estimate of drug-likeness (QED) is 0.425. The lowest BCUT2D eigenvalue weighted by Gasteiger charge is -2.12. The Morgan fingerprint density at radius 2 is 1.90 bits per heavy atom. The number of H-pyrrole nitrogens is 1. The molecule has 0 amide bonds. The maximum Gasteiger partial charge on any atom is 0.417 e. The molecular weight excluding hydrogens is 403 g/mol. The molecule has 0 saturated heterocycles. The summed E-state index contributed by atoms with van der Waals surface area (Å²) < 4.78 is 50.4. The molecule has 3 N–H and O–H groups in total. The van der Waals surface area contributed by atoms with Crippen molar-refractivity contribution in [2.45, 2.75) is 6.43 Å². The van der Waals surface area contributed by atoms with Gasteiger partial charge in [-0.1, -0.05) is 0 Å². The van der Waals surface area contributed by atoms with Crippen LogP contribution in [0.4, 0.5) is 36.3 Å². The van der Waals surface area contributed by atoms with Crippen LogP contribution < -0.4 is 21.1 Å². The van der Waals surface area contributed by atoms with Gasteiger partial charge in [-0.2, -0.15) is 4.98 Å². The summed E-state index contributed by atoms with van der Waals surface area (Å²) >= 11 is 0. The van der Waals surface area contributed by atoms with Crippen molar-refractivity contribution < 1.29 is 22.3 Å². The minimum absolute atomic E-state index is 0.0120. The Hall–Kier alpha value is -4.02. The molecule has 8 nitrogen and oxygen atoms in total. The second-order valence-corrected chi connectivity index (χ2v) is 6.12. The van der Waals surface area contributed by atoms with Crippen molar-refractivity contribution in [1.29, 1.82) is 0 Å². The molecule has 0 aliphatic heterocycles. The van der Waals surface area contributed by atoms with E-state index in [0.717, 1.165) is 6.20 Å². The van der Waals surface area contributed by atoms with Gasteiger partial charge in [0, 0.05) is 11.4 Å². The maximum absolute atomic E-state index is 14.2. The number of alkyl halides is 2. The van der Waals surface area contributed by atoms with Crippen LogP contribution in [-0.4, -0.2) is 22.1 Å². The monoisotopic (exact) mass is 417 g/mol. The first-order valence-electron chi connectivity index (χ1n) is 8.58. The van der Waals surface area contributed by atoms with Crippen molar-refractivity contribution in [2.24, 2.45) is 0 Å². The lowest BCUT2D eigenvalue weighted by Crippen LogP contribution is -2.04. The average Bonchev–Trinajstić information content (AvgIpc) is 3.09. The number of anilines is 4. The first-order valence-corrected chi connectivity index (χ1v) is 8.58. The molecule has 154 valence electrons. The minimum Gasteiger partial charge on any atom is -0.496 e. The Bertz CT molecular complexity index is 1270. The normalized spacial score (nSPS) is 11.1. The van der Waals surface area contributed by atoms with Crippen molar-refractivity contribution in [3.05, 3.63) is 64.5 Å². The van der Waals surface area contributed by atoms with Crippen molar-refractivity contribution in [3.8, 4) is 5.75 Å². The number of methoxy groups -OCH3 is 1. The van der Waals surface area contributed by atoms with Crippen LogP contribution in [0.3, 0.4) is 0 Å². The third kappa shape index (κ3) is 3.90. The number of aromatic nitrogens is 3. The summed E-state index contributed by atoms with van der Waals surface area (Å²) in [4.78, 5) is 21.6. The second-order valence-electron chi connectivity index (χ2n) is 6.12. The van der Waals surface area contributed by atoms with E-state index in [-0.39, 0.29) is 28.8 Å². The molecule has 11 heteroatoms. The molecule has 0 saturated carbocycles. The summed E-state index contributed by atoms with van der Waals surface area (Å²) in [5, 5.41) is 5.53. The van der Waals surface area contributed by atoms with E-state index >= 15 is 0 Å². The zero-order valence-corrected chi connectivity index (χ0v) is 15.4. The van der Waals surface area contributed by atoms with Gasteiger partial charge in [-0.25, -0.2) is 22.9 Å². The number of nitrogens with one attached hydrogen (secondary N) is 3. The average molecular weight is 417 g/mol. The van der Waals surface area contributed by atoms with E-state index in [1.807, 2.05) is 0 Å². The van der Waals surface area contributed by atoms with Crippen molar-refractivity contribution in [3.63, 3.8) is 0 Å². The third-order valence-electron chi connectivity index (χ3n) is 4.15. The Morgan fingerprint density at radius 1 is 1.13 bits per heavy atom. The molecular formula is C19H14F3N5O3. The van der Waals surface area contributed by atoms with E-state index in [2.05, 4.69) is 25.6 Å². The standard InChI is InChI=1S/C19H14F3N5O3/c1-29-14-4-2-9(6-11(14)16(21)22)25-18-23-8-12(20)17(27-18)24-10-3-5-15-13(7-10)26-19(28)30-15/h2-8,16H,1H3,(H,26,28)(H2,23,24,25,27). The van der Waals surface area contributed by atoms with E-state index in [0.29, 0.717) is 16.8 Å². The number of hydrogen-bond donors (Lipinski definition) is 3. The van der Waals surface area contributed by atoms with Gasteiger partial charge in [0.05, 0.1) is 24.4 Å². The van der Waals surface area contributed by atoms with Crippen LogP contribution in [-0.2, 0) is 0 Å². The summed E-state index contributed by atoms with van der Waals surface area (Å²) in [5.41, 5.74) is 1.19. The molecule has 0 unspecified atom stereocenters. The fraction of sp³-hybridized carbons (Fsp3) is 0.105. The van der Waals surface area contributed by atoms with Crippen LogP contribution in [0.1, 0.15) is 12.0 Å². The zero-order chi connectivity index (χ0) is 21.3. The van der Waals surface area contributed by atoms with Gasteiger partial charge in [0.1, 0.15) is 5.75 Å². The summed E-state index contributed by atoms with van der Waals surface area (Å²) in [6.07, 6.45) is -1.80. The maximum atomic E-state index is 14.2. The molecule has 30 heavy (non-hydrogen) atoms. The Labute approximate surface area is 166 Å². The highest BCUT2D eigenvalue weighted by atomic mass is 19.3. The predicted octanol–water partition coefficient (Wildman–Crippen LogP) is 4.48. The molecule has 0 aliphatic rings. The van der Waals surface area contributed by atoms with Crippen LogP contribution in [0.15, 0.2) is 51.8 Å².